The Kier molecular flexibility index (Phi) is 6.10. The third-order valence-corrected chi connectivity index (χ3v) is 8.75. The van der Waals surface area contributed by atoms with Gasteiger partial charge in [0.05, 0.1) is 34.0 Å². The molecule has 0 fully saturated rings. The lowest BCUT2D eigenvalue weighted by Crippen LogP contribution is -1.94. The highest BCUT2D eigenvalue weighted by Gasteiger charge is 2.18. The predicted octanol–water partition coefficient (Wildman–Crippen LogP) is 10.5. The lowest BCUT2D eigenvalue weighted by atomic mass is 9.89. The van der Waals surface area contributed by atoms with Crippen LogP contribution in [-0.2, 0) is 0 Å². The third kappa shape index (κ3) is 4.31. The van der Waals surface area contributed by atoms with E-state index in [1.165, 1.54) is 37.7 Å². The first-order chi connectivity index (χ1) is 22.8. The maximum atomic E-state index is 5.31. The minimum absolute atomic E-state index is 0.809. The van der Waals surface area contributed by atoms with Crippen molar-refractivity contribution in [2.45, 2.75) is 0 Å². The van der Waals surface area contributed by atoms with Crippen LogP contribution in [0.4, 0.5) is 0 Å². The van der Waals surface area contributed by atoms with Crippen molar-refractivity contribution in [1.29, 1.82) is 0 Å². The molecule has 9 aromatic rings. The summed E-state index contributed by atoms with van der Waals surface area (Å²) in [6, 6.07) is 50.7. The molecule has 0 unspecified atom stereocenters. The molecule has 0 atom stereocenters. The molecule has 214 valence electrons. The summed E-state index contributed by atoms with van der Waals surface area (Å²) in [6.45, 7) is 0. The molecule has 9 rings (SSSR count). The summed E-state index contributed by atoms with van der Waals surface area (Å²) >= 11 is 0. The molecule has 0 saturated heterocycles. The maximum Gasteiger partial charge on any atom is 0.0900 e. The normalized spacial score (nSPS) is 11.5. The summed E-state index contributed by atoms with van der Waals surface area (Å²) in [7, 11) is 0. The van der Waals surface area contributed by atoms with E-state index in [0.717, 1.165) is 50.7 Å². The third-order valence-electron chi connectivity index (χ3n) is 8.75. The van der Waals surface area contributed by atoms with Crippen molar-refractivity contribution in [1.82, 2.24) is 19.9 Å². The predicted molar refractivity (Wildman–Crippen MR) is 189 cm³/mol. The highest BCUT2D eigenvalue weighted by molar-refractivity contribution is 6.33. The molecular weight excluding hydrogens is 560 g/mol. The Morgan fingerprint density at radius 2 is 0.826 bits per heavy atom. The number of rotatable bonds is 4. The van der Waals surface area contributed by atoms with E-state index in [4.69, 9.17) is 9.97 Å². The van der Waals surface area contributed by atoms with E-state index in [0.29, 0.717) is 0 Å². The summed E-state index contributed by atoms with van der Waals surface area (Å²) < 4.78 is 0. The average Bonchev–Trinajstić information content (AvgIpc) is 3.15. The van der Waals surface area contributed by atoms with E-state index in [2.05, 4.69) is 119 Å². The van der Waals surface area contributed by atoms with Gasteiger partial charge in [0.15, 0.2) is 0 Å². The van der Waals surface area contributed by atoms with Crippen LogP contribution in [0, 0.1) is 0 Å². The standard InChI is InChI=1S/C42H26N4/c1-3-13-32-30(11-1)31-12-2-4-14-33(31)41-40(32)34-15-5-6-16-35(34)46-42(41)28-21-19-27(20-22-28)29-25-38(36-17-7-9-23-43-36)45-39(26-29)37-18-8-10-24-44-37/h1-26H. The number of hydrogen-bond acceptors (Lipinski definition) is 4. The second kappa shape index (κ2) is 10.7. The number of aromatic nitrogens is 4. The van der Waals surface area contributed by atoms with Gasteiger partial charge in [-0.3, -0.25) is 9.97 Å². The van der Waals surface area contributed by atoms with Crippen molar-refractivity contribution in [3.05, 3.63) is 158 Å². The molecule has 4 heteroatoms. The summed E-state index contributed by atoms with van der Waals surface area (Å²) in [6.07, 6.45) is 3.60. The largest absolute Gasteiger partial charge is 0.255 e. The van der Waals surface area contributed by atoms with E-state index in [1.54, 1.807) is 12.4 Å². The zero-order valence-electron chi connectivity index (χ0n) is 24.8. The molecule has 4 heterocycles. The number of fused-ring (bicyclic) bond motifs is 8. The van der Waals surface area contributed by atoms with Crippen LogP contribution in [-0.4, -0.2) is 19.9 Å². The molecule has 0 N–H and O–H groups in total. The van der Waals surface area contributed by atoms with Crippen LogP contribution in [0.1, 0.15) is 0 Å². The van der Waals surface area contributed by atoms with Gasteiger partial charge in [0.2, 0.25) is 0 Å². The van der Waals surface area contributed by atoms with Crippen LogP contribution in [0.25, 0.3) is 88.4 Å². The van der Waals surface area contributed by atoms with E-state index < -0.39 is 0 Å². The van der Waals surface area contributed by atoms with Gasteiger partial charge < -0.3 is 0 Å². The molecule has 5 aromatic carbocycles. The lowest BCUT2D eigenvalue weighted by molar-refractivity contribution is 1.22. The monoisotopic (exact) mass is 586 g/mol. The first-order valence-corrected chi connectivity index (χ1v) is 15.4. The molecule has 0 aliphatic carbocycles. The van der Waals surface area contributed by atoms with Gasteiger partial charge in [-0.05, 0) is 75.1 Å². The number of benzene rings is 5. The smallest absolute Gasteiger partial charge is 0.0900 e. The van der Waals surface area contributed by atoms with E-state index in [-0.39, 0.29) is 0 Å². The Hall–Kier alpha value is -6.26. The number of hydrogen-bond donors (Lipinski definition) is 0. The quantitative estimate of drug-likeness (QED) is 0.193. The van der Waals surface area contributed by atoms with Crippen molar-refractivity contribution in [2.24, 2.45) is 0 Å². The molecule has 0 saturated carbocycles. The second-order valence-electron chi connectivity index (χ2n) is 11.5. The van der Waals surface area contributed by atoms with Gasteiger partial charge in [0, 0.05) is 34.1 Å². The maximum absolute atomic E-state index is 5.31. The zero-order valence-corrected chi connectivity index (χ0v) is 24.8. The Balaban J connectivity index is 1.26. The molecule has 0 amide bonds. The fourth-order valence-corrected chi connectivity index (χ4v) is 6.64. The van der Waals surface area contributed by atoms with Gasteiger partial charge in [0.25, 0.3) is 0 Å². The summed E-state index contributed by atoms with van der Waals surface area (Å²) in [5.74, 6) is 0. The summed E-state index contributed by atoms with van der Waals surface area (Å²) in [5.41, 5.74) is 8.45. The highest BCUT2D eigenvalue weighted by atomic mass is 14.8. The van der Waals surface area contributed by atoms with Crippen molar-refractivity contribution in [2.75, 3.05) is 0 Å². The Labute approximate surface area is 265 Å². The van der Waals surface area contributed by atoms with Gasteiger partial charge in [-0.25, -0.2) is 9.97 Å². The minimum Gasteiger partial charge on any atom is -0.255 e. The van der Waals surface area contributed by atoms with Crippen LogP contribution in [0.15, 0.2) is 158 Å². The molecule has 0 radical (unpaired) electrons. The van der Waals surface area contributed by atoms with E-state index >= 15 is 0 Å². The number of pyridine rings is 4. The van der Waals surface area contributed by atoms with Crippen LogP contribution >= 0.6 is 0 Å². The SMILES string of the molecule is c1ccc(-c2cc(-c3ccc(-c4nc5ccccc5c5c6ccccc6c6ccccc6c45)cc3)cc(-c3ccccn3)n2)nc1. The number of nitrogens with zero attached hydrogens (tertiary/aromatic N) is 4. The molecule has 4 aromatic heterocycles. The van der Waals surface area contributed by atoms with E-state index in [9.17, 15) is 0 Å². The molecule has 0 spiro atoms. The Bertz CT molecular complexity index is 2500. The van der Waals surface area contributed by atoms with Crippen molar-refractivity contribution >= 4 is 43.2 Å². The molecule has 0 aliphatic heterocycles. The summed E-state index contributed by atoms with van der Waals surface area (Å²) in [4.78, 5) is 19.4. The fraction of sp³-hybridized carbons (Fsp3) is 0. The molecule has 4 nitrogen and oxygen atoms in total. The zero-order chi connectivity index (χ0) is 30.5. The molecular formula is C42H26N4. The first kappa shape index (κ1) is 26.2. The highest BCUT2D eigenvalue weighted by Crippen LogP contribution is 2.43. The fourth-order valence-electron chi connectivity index (χ4n) is 6.64. The van der Waals surface area contributed by atoms with Gasteiger partial charge in [-0.2, -0.15) is 0 Å². The second-order valence-corrected chi connectivity index (χ2v) is 11.5. The van der Waals surface area contributed by atoms with Crippen LogP contribution in [0.2, 0.25) is 0 Å². The topological polar surface area (TPSA) is 51.6 Å². The minimum atomic E-state index is 0.809. The molecule has 0 aliphatic rings. The van der Waals surface area contributed by atoms with Crippen LogP contribution in [0.3, 0.4) is 0 Å². The average molecular weight is 587 g/mol. The Morgan fingerprint density at radius 3 is 1.41 bits per heavy atom. The van der Waals surface area contributed by atoms with Crippen molar-refractivity contribution < 1.29 is 0 Å². The first-order valence-electron chi connectivity index (χ1n) is 15.4. The van der Waals surface area contributed by atoms with Gasteiger partial charge >= 0.3 is 0 Å². The van der Waals surface area contributed by atoms with Crippen LogP contribution < -0.4 is 0 Å². The molecule has 46 heavy (non-hydrogen) atoms. The lowest BCUT2D eigenvalue weighted by Gasteiger charge is -2.16. The summed E-state index contributed by atoms with van der Waals surface area (Å²) in [5, 5.41) is 8.54. The van der Waals surface area contributed by atoms with Crippen molar-refractivity contribution in [3.63, 3.8) is 0 Å². The van der Waals surface area contributed by atoms with Gasteiger partial charge in [-0.1, -0.05) is 103 Å². The van der Waals surface area contributed by atoms with Crippen molar-refractivity contribution in [3.8, 4) is 45.2 Å². The van der Waals surface area contributed by atoms with E-state index in [1.807, 2.05) is 36.4 Å². The van der Waals surface area contributed by atoms with Gasteiger partial charge in [-0.15, -0.1) is 0 Å². The Morgan fingerprint density at radius 1 is 0.326 bits per heavy atom. The molecule has 0 bridgehead atoms. The number of para-hydroxylation sites is 1. The van der Waals surface area contributed by atoms with Gasteiger partial charge in [0.1, 0.15) is 0 Å². The van der Waals surface area contributed by atoms with Crippen LogP contribution in [0.5, 0.6) is 0 Å².